The van der Waals surface area contributed by atoms with Gasteiger partial charge in [-0.1, -0.05) is 45.0 Å². The van der Waals surface area contributed by atoms with Gasteiger partial charge in [-0.15, -0.1) is 0 Å². The highest BCUT2D eigenvalue weighted by Crippen LogP contribution is 2.40. The van der Waals surface area contributed by atoms with Gasteiger partial charge in [-0.25, -0.2) is 0 Å². The minimum atomic E-state index is -0.835. The molecule has 1 aromatic rings. The van der Waals surface area contributed by atoms with Gasteiger partial charge < -0.3 is 10.8 Å². The molecular formula is C14H23NO. The number of nitrogens with two attached hydrogens (primary N) is 1. The fourth-order valence-corrected chi connectivity index (χ4v) is 1.77. The molecule has 0 aliphatic rings. The van der Waals surface area contributed by atoms with E-state index in [9.17, 15) is 5.11 Å². The monoisotopic (exact) mass is 221 g/mol. The van der Waals surface area contributed by atoms with Crippen LogP contribution >= 0.6 is 0 Å². The van der Waals surface area contributed by atoms with Crippen molar-refractivity contribution in [2.24, 2.45) is 11.1 Å². The maximum atomic E-state index is 10.7. The zero-order valence-corrected chi connectivity index (χ0v) is 10.7. The molecule has 0 amide bonds. The van der Waals surface area contributed by atoms with Gasteiger partial charge in [-0.05, 0) is 36.4 Å². The van der Waals surface area contributed by atoms with Gasteiger partial charge in [-0.3, -0.25) is 0 Å². The molecule has 0 bridgehead atoms. The maximum absolute atomic E-state index is 10.7. The highest BCUT2D eigenvalue weighted by molar-refractivity contribution is 5.33. The average Bonchev–Trinajstić information content (AvgIpc) is 2.17. The van der Waals surface area contributed by atoms with Crippen molar-refractivity contribution in [3.8, 4) is 0 Å². The van der Waals surface area contributed by atoms with Crippen LogP contribution in [0.25, 0.3) is 0 Å². The lowest BCUT2D eigenvalue weighted by atomic mass is 9.72. The molecule has 0 saturated heterocycles. The predicted octanol–water partition coefficient (Wildman–Crippen LogP) is 2.44. The molecule has 2 nitrogen and oxygen atoms in total. The summed E-state index contributed by atoms with van der Waals surface area (Å²) in [5.74, 6) is 0. The van der Waals surface area contributed by atoms with Crippen molar-refractivity contribution in [1.82, 2.24) is 0 Å². The van der Waals surface area contributed by atoms with Crippen molar-refractivity contribution < 1.29 is 5.11 Å². The summed E-state index contributed by atoms with van der Waals surface area (Å²) in [6.45, 7) is 8.63. The minimum Gasteiger partial charge on any atom is -0.385 e. The minimum absolute atomic E-state index is 0.197. The molecule has 0 aliphatic heterocycles. The molecule has 0 aliphatic carbocycles. The Hall–Kier alpha value is -0.860. The van der Waals surface area contributed by atoms with Crippen molar-refractivity contribution in [2.75, 3.05) is 6.54 Å². The Kier molecular flexibility index (Phi) is 3.76. The quantitative estimate of drug-likeness (QED) is 0.823. The summed E-state index contributed by atoms with van der Waals surface area (Å²) >= 11 is 0. The van der Waals surface area contributed by atoms with E-state index in [0.29, 0.717) is 6.54 Å². The second-order valence-corrected chi connectivity index (χ2v) is 5.52. The first kappa shape index (κ1) is 13.2. The molecule has 1 aromatic carbocycles. The molecule has 0 heterocycles. The average molecular weight is 221 g/mol. The zero-order chi connectivity index (χ0) is 12.4. The van der Waals surface area contributed by atoms with Gasteiger partial charge in [0.05, 0.1) is 5.60 Å². The molecule has 2 heteroatoms. The Morgan fingerprint density at radius 2 is 1.69 bits per heavy atom. The van der Waals surface area contributed by atoms with Crippen LogP contribution in [0.3, 0.4) is 0 Å². The highest BCUT2D eigenvalue weighted by Gasteiger charge is 2.37. The molecule has 0 spiro atoms. The molecule has 0 fully saturated rings. The van der Waals surface area contributed by atoms with E-state index in [0.717, 1.165) is 17.5 Å². The molecule has 3 N–H and O–H groups in total. The van der Waals surface area contributed by atoms with Crippen LogP contribution in [0.15, 0.2) is 24.3 Å². The van der Waals surface area contributed by atoms with E-state index in [-0.39, 0.29) is 5.41 Å². The molecule has 0 saturated carbocycles. The maximum Gasteiger partial charge on any atom is 0.0919 e. The first-order valence-corrected chi connectivity index (χ1v) is 5.81. The summed E-state index contributed by atoms with van der Waals surface area (Å²) in [4.78, 5) is 0. The van der Waals surface area contributed by atoms with Crippen molar-refractivity contribution in [3.63, 3.8) is 0 Å². The summed E-state index contributed by atoms with van der Waals surface area (Å²) < 4.78 is 0. The molecule has 16 heavy (non-hydrogen) atoms. The smallest absolute Gasteiger partial charge is 0.0919 e. The van der Waals surface area contributed by atoms with E-state index in [4.69, 9.17) is 5.73 Å². The van der Waals surface area contributed by atoms with Crippen molar-refractivity contribution in [2.45, 2.75) is 39.7 Å². The fourth-order valence-electron chi connectivity index (χ4n) is 1.77. The van der Waals surface area contributed by atoms with E-state index >= 15 is 0 Å². The summed E-state index contributed by atoms with van der Waals surface area (Å²) in [5.41, 5.74) is 6.71. The molecule has 0 radical (unpaired) electrons. The molecule has 1 unspecified atom stereocenters. The third-order valence-electron chi connectivity index (χ3n) is 3.42. The summed E-state index contributed by atoms with van der Waals surface area (Å²) in [6, 6.07) is 8.00. The van der Waals surface area contributed by atoms with Gasteiger partial charge in [0.25, 0.3) is 0 Å². The Labute approximate surface area is 98.5 Å². The van der Waals surface area contributed by atoms with Gasteiger partial charge in [0.2, 0.25) is 0 Å². The van der Waals surface area contributed by atoms with Crippen molar-refractivity contribution in [1.29, 1.82) is 0 Å². The van der Waals surface area contributed by atoms with Gasteiger partial charge in [0, 0.05) is 0 Å². The second kappa shape index (κ2) is 4.56. The topological polar surface area (TPSA) is 46.2 Å². The Morgan fingerprint density at radius 3 is 2.19 bits per heavy atom. The van der Waals surface area contributed by atoms with Crippen LogP contribution in [0.5, 0.6) is 0 Å². The van der Waals surface area contributed by atoms with E-state index in [1.807, 2.05) is 52.0 Å². The number of hydrogen-bond donors (Lipinski definition) is 2. The zero-order valence-electron chi connectivity index (χ0n) is 10.7. The molecule has 1 rings (SSSR count). The lowest BCUT2D eigenvalue weighted by Crippen LogP contribution is -2.37. The highest BCUT2D eigenvalue weighted by atomic mass is 16.3. The standard InChI is InChI=1S/C14H23NO/c1-13(2,3)14(4,16)12-8-6-5-7-11(12)9-10-15/h5-8,16H,9-10,15H2,1-4H3. The number of aliphatic hydroxyl groups is 1. The van der Waals surface area contributed by atoms with E-state index in [1.54, 1.807) is 0 Å². The van der Waals surface area contributed by atoms with Crippen LogP contribution in [0, 0.1) is 5.41 Å². The molecule has 90 valence electrons. The van der Waals surface area contributed by atoms with Crippen LogP contribution in [0.4, 0.5) is 0 Å². The van der Waals surface area contributed by atoms with Crippen molar-refractivity contribution >= 4 is 0 Å². The Balaban J connectivity index is 3.21. The largest absolute Gasteiger partial charge is 0.385 e. The lowest BCUT2D eigenvalue weighted by Gasteiger charge is -2.39. The Morgan fingerprint density at radius 1 is 1.12 bits per heavy atom. The number of rotatable bonds is 3. The van der Waals surface area contributed by atoms with Gasteiger partial charge in [0.1, 0.15) is 0 Å². The predicted molar refractivity (Wildman–Crippen MR) is 68.2 cm³/mol. The van der Waals surface area contributed by atoms with E-state index in [2.05, 4.69) is 0 Å². The Bertz CT molecular complexity index is 350. The lowest BCUT2D eigenvalue weighted by molar-refractivity contribution is -0.0476. The third kappa shape index (κ3) is 2.45. The SMILES string of the molecule is CC(C)(C)C(C)(O)c1ccccc1CCN. The second-order valence-electron chi connectivity index (χ2n) is 5.52. The van der Waals surface area contributed by atoms with Crippen LogP contribution in [0.1, 0.15) is 38.8 Å². The third-order valence-corrected chi connectivity index (χ3v) is 3.42. The van der Waals surface area contributed by atoms with Crippen LogP contribution in [-0.4, -0.2) is 11.7 Å². The normalized spacial score (nSPS) is 15.9. The van der Waals surface area contributed by atoms with Gasteiger partial charge in [-0.2, -0.15) is 0 Å². The van der Waals surface area contributed by atoms with Crippen molar-refractivity contribution in [3.05, 3.63) is 35.4 Å². The van der Waals surface area contributed by atoms with E-state index in [1.165, 1.54) is 0 Å². The first-order valence-electron chi connectivity index (χ1n) is 5.81. The van der Waals surface area contributed by atoms with Gasteiger partial charge >= 0.3 is 0 Å². The van der Waals surface area contributed by atoms with Crippen LogP contribution in [0.2, 0.25) is 0 Å². The molecular weight excluding hydrogens is 198 g/mol. The summed E-state index contributed by atoms with van der Waals surface area (Å²) in [6.07, 6.45) is 0.808. The molecule has 0 aromatic heterocycles. The first-order chi connectivity index (χ1) is 7.30. The fraction of sp³-hybridized carbons (Fsp3) is 0.571. The summed E-state index contributed by atoms with van der Waals surface area (Å²) in [5, 5.41) is 10.7. The summed E-state index contributed by atoms with van der Waals surface area (Å²) in [7, 11) is 0. The van der Waals surface area contributed by atoms with Crippen LogP contribution < -0.4 is 5.73 Å². The van der Waals surface area contributed by atoms with E-state index < -0.39 is 5.60 Å². The number of benzene rings is 1. The number of hydrogen-bond acceptors (Lipinski definition) is 2. The molecule has 1 atom stereocenters. The van der Waals surface area contributed by atoms with Crippen LogP contribution in [-0.2, 0) is 12.0 Å². The van der Waals surface area contributed by atoms with Gasteiger partial charge in [0.15, 0.2) is 0 Å².